The number of aliphatic carboxylic acids is 1. The van der Waals surface area contributed by atoms with Crippen LogP contribution in [-0.4, -0.2) is 15.9 Å². The van der Waals surface area contributed by atoms with Gasteiger partial charge >= 0.3 is 5.97 Å². The number of alkyl halides is 2. The Hall–Kier alpha value is -0.0600. The number of carboxylic acids is 1. The van der Waals surface area contributed by atoms with Gasteiger partial charge in [-0.3, -0.25) is 4.79 Å². The largest absolute Gasteiger partial charge is 0.480 e. The van der Waals surface area contributed by atoms with E-state index in [1.165, 1.54) is 11.1 Å². The zero-order chi connectivity index (χ0) is 13.3. The Bertz CT molecular complexity index is 476. The molecule has 1 aromatic rings. The normalized spacial score (nSPS) is 17.9. The van der Waals surface area contributed by atoms with Crippen LogP contribution in [0.15, 0.2) is 12.1 Å². The van der Waals surface area contributed by atoms with E-state index < -0.39 is 10.8 Å². The number of halogens is 3. The topological polar surface area (TPSA) is 37.3 Å². The van der Waals surface area contributed by atoms with Crippen molar-refractivity contribution in [2.45, 2.75) is 35.3 Å². The first-order chi connectivity index (χ1) is 8.52. The summed E-state index contributed by atoms with van der Waals surface area (Å²) in [5.41, 5.74) is 3.45. The molecule has 2 rings (SSSR count). The van der Waals surface area contributed by atoms with Gasteiger partial charge in [0.2, 0.25) is 0 Å². The van der Waals surface area contributed by atoms with E-state index in [4.69, 9.17) is 16.7 Å². The Kier molecular flexibility index (Phi) is 4.73. The van der Waals surface area contributed by atoms with Crippen molar-refractivity contribution >= 4 is 49.4 Å². The van der Waals surface area contributed by atoms with Crippen LogP contribution >= 0.6 is 43.5 Å². The predicted molar refractivity (Wildman–Crippen MR) is 80.1 cm³/mol. The van der Waals surface area contributed by atoms with Crippen molar-refractivity contribution in [3.05, 3.63) is 33.8 Å². The van der Waals surface area contributed by atoms with Crippen molar-refractivity contribution in [1.29, 1.82) is 0 Å². The van der Waals surface area contributed by atoms with Gasteiger partial charge in [0.1, 0.15) is 4.83 Å². The number of hydrogen-bond donors (Lipinski definition) is 1. The molecule has 1 aromatic carbocycles. The van der Waals surface area contributed by atoms with E-state index in [2.05, 4.69) is 31.9 Å². The first-order valence-corrected chi connectivity index (χ1v) is 8.04. The molecular formula is C13H13Br2ClO2. The number of rotatable bonds is 3. The van der Waals surface area contributed by atoms with Gasteiger partial charge in [-0.1, -0.05) is 49.5 Å². The van der Waals surface area contributed by atoms with Crippen molar-refractivity contribution in [3.8, 4) is 0 Å². The lowest BCUT2D eigenvalue weighted by Crippen LogP contribution is -2.20. The molecule has 0 fully saturated rings. The molecule has 1 aliphatic carbocycles. The molecule has 0 aliphatic heterocycles. The van der Waals surface area contributed by atoms with Gasteiger partial charge in [-0.05, 0) is 48.4 Å². The fourth-order valence-corrected chi connectivity index (χ4v) is 3.60. The van der Waals surface area contributed by atoms with E-state index in [-0.39, 0.29) is 4.83 Å². The minimum atomic E-state index is -0.864. The van der Waals surface area contributed by atoms with Crippen LogP contribution in [0.25, 0.3) is 0 Å². The number of carbonyl (C=O) groups is 1. The molecule has 2 unspecified atom stereocenters. The monoisotopic (exact) mass is 394 g/mol. The van der Waals surface area contributed by atoms with Gasteiger partial charge in [-0.15, -0.1) is 0 Å². The average molecular weight is 397 g/mol. The molecule has 0 aromatic heterocycles. The highest BCUT2D eigenvalue weighted by Crippen LogP contribution is 2.39. The van der Waals surface area contributed by atoms with Gasteiger partial charge < -0.3 is 5.11 Å². The molecule has 0 amide bonds. The number of fused-ring (bicyclic) bond motifs is 1. The number of benzene rings is 1. The predicted octanol–water partition coefficient (Wildman–Crippen LogP) is 4.50. The van der Waals surface area contributed by atoms with Crippen LogP contribution in [0.5, 0.6) is 0 Å². The molecule has 0 saturated carbocycles. The molecular weight excluding hydrogens is 383 g/mol. The summed E-state index contributed by atoms with van der Waals surface area (Å²) in [5.74, 6) is -0.864. The standard InChI is InChI=1S/C13H13Br2ClO2/c14-11(12(15)13(17)18)9-5-6-10(16)8-4-2-1-3-7(8)9/h5-6,11-12H,1-4H2,(H,17,18). The molecule has 0 bridgehead atoms. The third kappa shape index (κ3) is 2.75. The number of carboxylic acid groups (broad SMARTS) is 1. The summed E-state index contributed by atoms with van der Waals surface area (Å²) in [4.78, 5) is 10.2. The molecule has 18 heavy (non-hydrogen) atoms. The van der Waals surface area contributed by atoms with E-state index in [0.29, 0.717) is 0 Å². The van der Waals surface area contributed by atoms with Gasteiger partial charge in [0.25, 0.3) is 0 Å². The van der Waals surface area contributed by atoms with E-state index in [0.717, 1.165) is 36.3 Å². The smallest absolute Gasteiger partial charge is 0.318 e. The van der Waals surface area contributed by atoms with Gasteiger partial charge in [0, 0.05) is 5.02 Å². The first-order valence-electron chi connectivity index (χ1n) is 5.83. The zero-order valence-corrected chi connectivity index (χ0v) is 13.6. The van der Waals surface area contributed by atoms with Crippen molar-refractivity contribution in [1.82, 2.24) is 0 Å². The minimum Gasteiger partial charge on any atom is -0.480 e. The van der Waals surface area contributed by atoms with Crippen LogP contribution in [0, 0.1) is 0 Å². The van der Waals surface area contributed by atoms with Crippen molar-refractivity contribution in [2.24, 2.45) is 0 Å². The first kappa shape index (κ1) is 14.4. The molecule has 0 spiro atoms. The molecule has 2 atom stereocenters. The molecule has 0 radical (unpaired) electrons. The second-order valence-electron chi connectivity index (χ2n) is 4.44. The average Bonchev–Trinajstić information content (AvgIpc) is 2.38. The van der Waals surface area contributed by atoms with Crippen LogP contribution in [0.2, 0.25) is 5.02 Å². The van der Waals surface area contributed by atoms with Crippen LogP contribution in [0.4, 0.5) is 0 Å². The Morgan fingerprint density at radius 2 is 1.83 bits per heavy atom. The fourth-order valence-electron chi connectivity index (χ4n) is 2.39. The highest BCUT2D eigenvalue weighted by molar-refractivity contribution is 9.12. The van der Waals surface area contributed by atoms with Gasteiger partial charge in [-0.25, -0.2) is 0 Å². The van der Waals surface area contributed by atoms with Gasteiger partial charge in [-0.2, -0.15) is 0 Å². The fraction of sp³-hybridized carbons (Fsp3) is 0.462. The summed E-state index contributed by atoms with van der Waals surface area (Å²) in [5, 5.41) is 9.87. The maximum atomic E-state index is 11.0. The zero-order valence-electron chi connectivity index (χ0n) is 9.63. The Morgan fingerprint density at radius 1 is 1.22 bits per heavy atom. The maximum Gasteiger partial charge on any atom is 0.318 e. The lowest BCUT2D eigenvalue weighted by Gasteiger charge is -2.24. The quantitative estimate of drug-likeness (QED) is 0.764. The van der Waals surface area contributed by atoms with E-state index in [1.807, 2.05) is 12.1 Å². The summed E-state index contributed by atoms with van der Waals surface area (Å²) in [6.45, 7) is 0. The van der Waals surface area contributed by atoms with Crippen LogP contribution in [0.3, 0.4) is 0 Å². The molecule has 0 saturated heterocycles. The number of hydrogen-bond acceptors (Lipinski definition) is 1. The van der Waals surface area contributed by atoms with Crippen molar-refractivity contribution < 1.29 is 9.90 Å². The van der Waals surface area contributed by atoms with E-state index >= 15 is 0 Å². The minimum absolute atomic E-state index is 0.237. The van der Waals surface area contributed by atoms with E-state index in [1.54, 1.807) is 0 Å². The molecule has 2 nitrogen and oxygen atoms in total. The Morgan fingerprint density at radius 3 is 2.44 bits per heavy atom. The summed E-state index contributed by atoms with van der Waals surface area (Å²) < 4.78 is 0. The third-order valence-corrected chi connectivity index (χ3v) is 6.31. The molecule has 98 valence electrons. The SMILES string of the molecule is O=C(O)C(Br)C(Br)c1ccc(Cl)c2c1CCCC2. The Labute approximate surface area is 128 Å². The van der Waals surface area contributed by atoms with Crippen LogP contribution < -0.4 is 0 Å². The van der Waals surface area contributed by atoms with Gasteiger partial charge in [0.05, 0.1) is 4.83 Å². The molecule has 5 heteroatoms. The highest BCUT2D eigenvalue weighted by Gasteiger charge is 2.28. The van der Waals surface area contributed by atoms with Crippen molar-refractivity contribution in [2.75, 3.05) is 0 Å². The maximum absolute atomic E-state index is 11.0. The lowest BCUT2D eigenvalue weighted by molar-refractivity contribution is -0.136. The second-order valence-corrected chi connectivity index (χ2v) is 6.82. The van der Waals surface area contributed by atoms with Crippen LogP contribution in [0.1, 0.15) is 34.4 Å². The molecule has 0 heterocycles. The van der Waals surface area contributed by atoms with Crippen molar-refractivity contribution in [3.63, 3.8) is 0 Å². The Balaban J connectivity index is 2.42. The van der Waals surface area contributed by atoms with Crippen LogP contribution in [-0.2, 0) is 17.6 Å². The summed E-state index contributed by atoms with van der Waals surface area (Å²) in [6.07, 6.45) is 4.26. The van der Waals surface area contributed by atoms with Gasteiger partial charge in [0.15, 0.2) is 0 Å². The molecule has 1 N–H and O–H groups in total. The highest BCUT2D eigenvalue weighted by atomic mass is 79.9. The summed E-state index contributed by atoms with van der Waals surface area (Å²) in [7, 11) is 0. The summed E-state index contributed by atoms with van der Waals surface area (Å²) in [6, 6.07) is 3.81. The second kappa shape index (κ2) is 5.93. The third-order valence-electron chi connectivity index (χ3n) is 3.30. The molecule has 1 aliphatic rings. The van der Waals surface area contributed by atoms with E-state index in [9.17, 15) is 4.79 Å². The summed E-state index contributed by atoms with van der Waals surface area (Å²) >= 11 is 12.9. The lowest BCUT2D eigenvalue weighted by atomic mass is 9.87.